The van der Waals surface area contributed by atoms with Crippen molar-refractivity contribution in [2.24, 2.45) is 0 Å². The van der Waals surface area contributed by atoms with Crippen molar-refractivity contribution in [2.45, 2.75) is 73.8 Å². The van der Waals surface area contributed by atoms with Crippen molar-refractivity contribution >= 4 is 26.6 Å². The van der Waals surface area contributed by atoms with Crippen LogP contribution in [0.3, 0.4) is 0 Å². The summed E-state index contributed by atoms with van der Waals surface area (Å²) in [5.74, 6) is 0. The van der Waals surface area contributed by atoms with Gasteiger partial charge < -0.3 is 0 Å². The second-order valence-corrected chi connectivity index (χ2v) is 17.9. The van der Waals surface area contributed by atoms with Gasteiger partial charge in [-0.2, -0.15) is 0 Å². The zero-order valence-corrected chi connectivity index (χ0v) is 13.8. The minimum absolute atomic E-state index is 0.517. The van der Waals surface area contributed by atoms with Crippen molar-refractivity contribution in [3.63, 3.8) is 0 Å². The molecule has 0 radical (unpaired) electrons. The van der Waals surface area contributed by atoms with Gasteiger partial charge in [-0.05, 0) is 0 Å². The van der Waals surface area contributed by atoms with E-state index < -0.39 is 17.7 Å². The van der Waals surface area contributed by atoms with Gasteiger partial charge in [0.25, 0.3) is 0 Å². The molecule has 1 fully saturated rings. The molecule has 0 N–H and O–H groups in total. The molecule has 0 amide bonds. The first-order valence-electron chi connectivity index (χ1n) is 6.57. The van der Waals surface area contributed by atoms with Crippen LogP contribution in [-0.4, -0.2) is 23.8 Å². The molecule has 1 heterocycles. The van der Waals surface area contributed by atoms with Crippen LogP contribution in [0.15, 0.2) is 0 Å². The van der Waals surface area contributed by atoms with E-state index in [1.54, 1.807) is 0 Å². The van der Waals surface area contributed by atoms with Gasteiger partial charge in [0.2, 0.25) is 0 Å². The zero-order chi connectivity index (χ0) is 11.1. The molecular formula is C12H25ClOSn. The summed E-state index contributed by atoms with van der Waals surface area (Å²) in [6, 6.07) is 0. The first kappa shape index (κ1) is 14.1. The normalized spacial score (nSPS) is 31.8. The van der Waals surface area contributed by atoms with E-state index in [9.17, 15) is 0 Å². The van der Waals surface area contributed by atoms with Gasteiger partial charge in [0.1, 0.15) is 0 Å². The summed E-state index contributed by atoms with van der Waals surface area (Å²) >= 11 is -2.55. The van der Waals surface area contributed by atoms with Crippen molar-refractivity contribution < 1.29 is 3.07 Å². The van der Waals surface area contributed by atoms with Gasteiger partial charge in [0, 0.05) is 0 Å². The maximum absolute atomic E-state index is 6.72. The van der Waals surface area contributed by atoms with Gasteiger partial charge in [-0.25, -0.2) is 0 Å². The Bertz CT molecular complexity index is 177. The summed E-state index contributed by atoms with van der Waals surface area (Å²) in [4.78, 5) is 0. The van der Waals surface area contributed by atoms with Crippen molar-refractivity contribution in [1.29, 1.82) is 0 Å². The van der Waals surface area contributed by atoms with Gasteiger partial charge in [-0.3, -0.25) is 0 Å². The standard InChI is InChI=1S/C8H16O.C4H9.ClH.Sn/c1-3-5-7-8(9)6-4-2;1-3-4-2;;/h8H,2-7H2,1H3;1,3-4H2,2H3;1H;/q-1;;;+2/p-1. The van der Waals surface area contributed by atoms with Crippen LogP contribution in [0, 0.1) is 0 Å². The van der Waals surface area contributed by atoms with Gasteiger partial charge in [0.05, 0.1) is 0 Å². The van der Waals surface area contributed by atoms with Crippen molar-refractivity contribution in [3.05, 3.63) is 0 Å². The zero-order valence-electron chi connectivity index (χ0n) is 10.2. The predicted octanol–water partition coefficient (Wildman–Crippen LogP) is 4.84. The van der Waals surface area contributed by atoms with Crippen LogP contribution in [0.4, 0.5) is 0 Å². The summed E-state index contributed by atoms with van der Waals surface area (Å²) in [5.41, 5.74) is 0. The monoisotopic (exact) mass is 340 g/mol. The number of halogens is 1. The fourth-order valence-corrected chi connectivity index (χ4v) is 13.3. The van der Waals surface area contributed by atoms with Crippen molar-refractivity contribution in [2.75, 3.05) is 0 Å². The van der Waals surface area contributed by atoms with E-state index in [-0.39, 0.29) is 0 Å². The number of rotatable bonds is 6. The molecule has 1 nitrogen and oxygen atoms in total. The Balaban J connectivity index is 2.32. The van der Waals surface area contributed by atoms with E-state index in [0.717, 1.165) is 0 Å². The molecule has 3 heteroatoms. The first-order chi connectivity index (χ1) is 7.20. The third-order valence-corrected chi connectivity index (χ3v) is 14.8. The molecule has 0 aromatic carbocycles. The molecule has 0 saturated carbocycles. The Labute approximate surface area is 103 Å². The molecule has 2 unspecified atom stereocenters. The number of unbranched alkanes of at least 4 members (excludes halogenated alkanes) is 2. The van der Waals surface area contributed by atoms with Crippen molar-refractivity contribution in [1.82, 2.24) is 0 Å². The minimum atomic E-state index is -2.55. The fourth-order valence-electron chi connectivity index (χ4n) is 2.27. The SMILES string of the molecule is CCCCC1CC[CH2][Sn]([Cl])([CH2]CCC)[O]1. The average Bonchev–Trinajstić information content (AvgIpc) is 2.24. The summed E-state index contributed by atoms with van der Waals surface area (Å²) in [6.07, 6.45) is 9.47. The number of hydrogen-bond acceptors (Lipinski definition) is 1. The molecular weight excluding hydrogens is 314 g/mol. The average molecular weight is 339 g/mol. The van der Waals surface area contributed by atoms with Crippen LogP contribution in [0.1, 0.15) is 58.8 Å². The molecule has 90 valence electrons. The molecule has 0 aliphatic carbocycles. The van der Waals surface area contributed by atoms with Gasteiger partial charge in [0.15, 0.2) is 0 Å². The van der Waals surface area contributed by atoms with Crippen molar-refractivity contribution in [3.8, 4) is 0 Å². The van der Waals surface area contributed by atoms with Crippen LogP contribution in [0.25, 0.3) is 0 Å². The van der Waals surface area contributed by atoms with E-state index in [1.807, 2.05) is 0 Å². The van der Waals surface area contributed by atoms with E-state index in [0.29, 0.717) is 6.10 Å². The number of hydrogen-bond donors (Lipinski definition) is 0. The third kappa shape index (κ3) is 5.27. The van der Waals surface area contributed by atoms with Crippen LogP contribution in [0.2, 0.25) is 8.87 Å². The van der Waals surface area contributed by atoms with Crippen LogP contribution >= 0.6 is 8.92 Å². The Morgan fingerprint density at radius 1 is 1.27 bits per heavy atom. The predicted molar refractivity (Wildman–Crippen MR) is 69.8 cm³/mol. The molecule has 15 heavy (non-hydrogen) atoms. The topological polar surface area (TPSA) is 9.23 Å². The quantitative estimate of drug-likeness (QED) is 0.629. The van der Waals surface area contributed by atoms with Crippen LogP contribution in [-0.2, 0) is 3.07 Å². The molecule has 0 aromatic rings. The summed E-state index contributed by atoms with van der Waals surface area (Å²) < 4.78 is 8.73. The van der Waals surface area contributed by atoms with Crippen LogP contribution < -0.4 is 0 Å². The van der Waals surface area contributed by atoms with E-state index >= 15 is 0 Å². The Kier molecular flexibility index (Phi) is 6.95. The molecule has 1 saturated heterocycles. The maximum atomic E-state index is 6.72. The van der Waals surface area contributed by atoms with E-state index in [1.165, 1.54) is 53.8 Å². The van der Waals surface area contributed by atoms with E-state index in [2.05, 4.69) is 13.8 Å². The van der Waals surface area contributed by atoms with Gasteiger partial charge in [-0.15, -0.1) is 0 Å². The summed E-state index contributed by atoms with van der Waals surface area (Å²) in [5, 5.41) is 0. The Hall–Kier alpha value is 1.05. The molecule has 0 spiro atoms. The summed E-state index contributed by atoms with van der Waals surface area (Å²) in [7, 11) is 6.72. The Morgan fingerprint density at radius 3 is 2.67 bits per heavy atom. The molecule has 2 atom stereocenters. The molecule has 1 aliphatic rings. The molecule has 1 aliphatic heterocycles. The Morgan fingerprint density at radius 2 is 2.00 bits per heavy atom. The van der Waals surface area contributed by atoms with Gasteiger partial charge in [-0.1, -0.05) is 0 Å². The first-order valence-corrected chi connectivity index (χ1v) is 15.4. The molecule has 1 rings (SSSR count). The van der Waals surface area contributed by atoms with Crippen LogP contribution in [0.5, 0.6) is 0 Å². The molecule has 0 bridgehead atoms. The third-order valence-electron chi connectivity index (χ3n) is 3.24. The van der Waals surface area contributed by atoms with E-state index in [4.69, 9.17) is 12.0 Å². The second kappa shape index (κ2) is 7.39. The van der Waals surface area contributed by atoms with Gasteiger partial charge >= 0.3 is 103 Å². The summed E-state index contributed by atoms with van der Waals surface area (Å²) in [6.45, 7) is 4.49. The fraction of sp³-hybridized carbons (Fsp3) is 1.00. The molecule has 0 aromatic heterocycles. The second-order valence-electron chi connectivity index (χ2n) is 4.76.